The van der Waals surface area contributed by atoms with Crippen molar-refractivity contribution in [3.63, 3.8) is 0 Å². The van der Waals surface area contributed by atoms with Crippen molar-refractivity contribution in [2.75, 3.05) is 6.54 Å². The molecule has 116 valence electrons. The van der Waals surface area contributed by atoms with Crippen LogP contribution in [0.2, 0.25) is 0 Å². The lowest BCUT2D eigenvalue weighted by atomic mass is 10.1. The van der Waals surface area contributed by atoms with Crippen molar-refractivity contribution in [2.45, 2.75) is 25.4 Å². The van der Waals surface area contributed by atoms with Gasteiger partial charge in [-0.2, -0.15) is 0 Å². The Hall–Kier alpha value is -2.60. The summed E-state index contributed by atoms with van der Waals surface area (Å²) in [5, 5.41) is 0. The number of imidazole rings is 1. The van der Waals surface area contributed by atoms with Gasteiger partial charge in [0.15, 0.2) is 5.82 Å². The van der Waals surface area contributed by atoms with Gasteiger partial charge < -0.3 is 0 Å². The molecule has 3 aromatic heterocycles. The van der Waals surface area contributed by atoms with Crippen molar-refractivity contribution in [3.8, 4) is 5.82 Å². The van der Waals surface area contributed by atoms with E-state index < -0.39 is 0 Å². The quantitative estimate of drug-likeness (QED) is 0.741. The molecule has 0 unspecified atom stereocenters. The van der Waals surface area contributed by atoms with Gasteiger partial charge >= 0.3 is 0 Å². The molecule has 23 heavy (non-hydrogen) atoms. The number of aromatic nitrogens is 5. The maximum Gasteiger partial charge on any atom is 0.156 e. The Balaban J connectivity index is 1.58. The molecule has 1 saturated heterocycles. The molecular formula is C17H18N6. The molecule has 4 heterocycles. The summed E-state index contributed by atoms with van der Waals surface area (Å²) in [5.41, 5.74) is 2.26. The summed E-state index contributed by atoms with van der Waals surface area (Å²) in [4.78, 5) is 19.9. The van der Waals surface area contributed by atoms with Gasteiger partial charge in [-0.1, -0.05) is 6.07 Å². The van der Waals surface area contributed by atoms with E-state index in [1.165, 1.54) is 12.0 Å². The largest absolute Gasteiger partial charge is 0.290 e. The minimum absolute atomic E-state index is 0.311. The molecule has 3 aromatic rings. The third-order valence-corrected chi connectivity index (χ3v) is 4.22. The normalized spacial score (nSPS) is 18.3. The van der Waals surface area contributed by atoms with Crippen molar-refractivity contribution in [3.05, 3.63) is 66.9 Å². The Morgan fingerprint density at radius 3 is 2.91 bits per heavy atom. The summed E-state index contributed by atoms with van der Waals surface area (Å²) in [6, 6.07) is 4.42. The molecule has 0 spiro atoms. The SMILES string of the molecule is c1cncc(CN2CCC[C@H]2c2cncc(-n3ccnc3)n2)c1. The fourth-order valence-electron chi connectivity index (χ4n) is 3.13. The summed E-state index contributed by atoms with van der Waals surface area (Å²) in [6.45, 7) is 1.98. The number of rotatable bonds is 4. The number of pyridine rings is 1. The van der Waals surface area contributed by atoms with Crippen molar-refractivity contribution in [2.24, 2.45) is 0 Å². The molecule has 0 radical (unpaired) electrons. The van der Waals surface area contributed by atoms with Crippen LogP contribution in [-0.2, 0) is 6.54 Å². The van der Waals surface area contributed by atoms with Crippen LogP contribution in [-0.4, -0.2) is 35.9 Å². The van der Waals surface area contributed by atoms with Gasteiger partial charge in [-0.15, -0.1) is 0 Å². The second kappa shape index (κ2) is 6.26. The van der Waals surface area contributed by atoms with Crippen molar-refractivity contribution < 1.29 is 0 Å². The third-order valence-electron chi connectivity index (χ3n) is 4.22. The Kier molecular flexibility index (Phi) is 3.81. The average Bonchev–Trinajstić information content (AvgIpc) is 3.28. The Labute approximate surface area is 134 Å². The molecule has 1 aliphatic heterocycles. The maximum atomic E-state index is 4.79. The van der Waals surface area contributed by atoms with Gasteiger partial charge in [-0.3, -0.25) is 19.4 Å². The first-order valence-corrected chi connectivity index (χ1v) is 7.83. The third kappa shape index (κ3) is 2.98. The molecule has 4 rings (SSSR count). The monoisotopic (exact) mass is 306 g/mol. The second-order valence-corrected chi connectivity index (χ2v) is 5.76. The fraction of sp³-hybridized carbons (Fsp3) is 0.294. The molecule has 0 saturated carbocycles. The molecular weight excluding hydrogens is 288 g/mol. The highest BCUT2D eigenvalue weighted by Crippen LogP contribution is 2.31. The number of hydrogen-bond acceptors (Lipinski definition) is 5. The van der Waals surface area contributed by atoms with Crippen LogP contribution in [0.25, 0.3) is 5.82 Å². The van der Waals surface area contributed by atoms with E-state index in [1.807, 2.05) is 35.4 Å². The van der Waals surface area contributed by atoms with Gasteiger partial charge in [-0.25, -0.2) is 9.97 Å². The standard InChI is InChI=1S/C17H18N6/c1-3-14(9-18-5-1)12-22-7-2-4-16(22)15-10-20-11-17(21-15)23-8-6-19-13-23/h1,3,5-6,8-11,13,16H,2,4,7,12H2/t16-/m0/s1. The number of likely N-dealkylation sites (tertiary alicyclic amines) is 1. The molecule has 0 bridgehead atoms. The van der Waals surface area contributed by atoms with Crippen LogP contribution < -0.4 is 0 Å². The molecule has 0 aromatic carbocycles. The predicted molar refractivity (Wildman–Crippen MR) is 85.8 cm³/mol. The Morgan fingerprint density at radius 1 is 1.09 bits per heavy atom. The molecule has 1 atom stereocenters. The minimum Gasteiger partial charge on any atom is -0.290 e. The lowest BCUT2D eigenvalue weighted by Gasteiger charge is -2.24. The highest BCUT2D eigenvalue weighted by molar-refractivity contribution is 5.21. The van der Waals surface area contributed by atoms with Gasteiger partial charge in [0.1, 0.15) is 6.33 Å². The first-order valence-electron chi connectivity index (χ1n) is 7.83. The van der Waals surface area contributed by atoms with Gasteiger partial charge in [-0.05, 0) is 31.0 Å². The topological polar surface area (TPSA) is 59.7 Å². The van der Waals surface area contributed by atoms with Crippen LogP contribution in [0, 0.1) is 0 Å². The average molecular weight is 306 g/mol. The Bertz CT molecular complexity index is 756. The predicted octanol–water partition coefficient (Wildman–Crippen LogP) is 2.39. The molecule has 1 fully saturated rings. The summed E-state index contributed by atoms with van der Waals surface area (Å²) in [6.07, 6.45) is 15.1. The van der Waals surface area contributed by atoms with Crippen molar-refractivity contribution >= 4 is 0 Å². The maximum absolute atomic E-state index is 4.79. The minimum atomic E-state index is 0.311. The number of hydrogen-bond donors (Lipinski definition) is 0. The zero-order valence-corrected chi connectivity index (χ0v) is 12.8. The van der Waals surface area contributed by atoms with E-state index >= 15 is 0 Å². The highest BCUT2D eigenvalue weighted by atomic mass is 15.2. The van der Waals surface area contributed by atoms with Gasteiger partial charge in [0.2, 0.25) is 0 Å². The smallest absolute Gasteiger partial charge is 0.156 e. The van der Waals surface area contributed by atoms with E-state index in [0.717, 1.165) is 31.0 Å². The first kappa shape index (κ1) is 14.0. The van der Waals surface area contributed by atoms with E-state index in [9.17, 15) is 0 Å². The molecule has 0 aliphatic carbocycles. The Morgan fingerprint density at radius 2 is 2.09 bits per heavy atom. The second-order valence-electron chi connectivity index (χ2n) is 5.76. The number of nitrogens with zero attached hydrogens (tertiary/aromatic N) is 6. The van der Waals surface area contributed by atoms with E-state index in [0.29, 0.717) is 6.04 Å². The van der Waals surface area contributed by atoms with Crippen LogP contribution in [0.4, 0.5) is 0 Å². The van der Waals surface area contributed by atoms with Crippen LogP contribution in [0.5, 0.6) is 0 Å². The van der Waals surface area contributed by atoms with Crippen molar-refractivity contribution in [1.82, 2.24) is 29.4 Å². The zero-order chi connectivity index (χ0) is 15.5. The highest BCUT2D eigenvalue weighted by Gasteiger charge is 2.27. The molecule has 0 amide bonds. The van der Waals surface area contributed by atoms with Gasteiger partial charge in [0, 0.05) is 31.3 Å². The van der Waals surface area contributed by atoms with E-state index in [-0.39, 0.29) is 0 Å². The summed E-state index contributed by atoms with van der Waals surface area (Å²) in [5.74, 6) is 0.813. The summed E-state index contributed by atoms with van der Waals surface area (Å²) < 4.78 is 1.89. The van der Waals surface area contributed by atoms with Crippen LogP contribution in [0.1, 0.15) is 30.1 Å². The zero-order valence-electron chi connectivity index (χ0n) is 12.8. The van der Waals surface area contributed by atoms with E-state index in [2.05, 4.69) is 25.9 Å². The molecule has 6 nitrogen and oxygen atoms in total. The lowest BCUT2D eigenvalue weighted by Crippen LogP contribution is -2.24. The van der Waals surface area contributed by atoms with Gasteiger partial charge in [0.05, 0.1) is 24.1 Å². The van der Waals surface area contributed by atoms with Crippen LogP contribution >= 0.6 is 0 Å². The summed E-state index contributed by atoms with van der Waals surface area (Å²) in [7, 11) is 0. The van der Waals surface area contributed by atoms with Crippen molar-refractivity contribution in [1.29, 1.82) is 0 Å². The van der Waals surface area contributed by atoms with E-state index in [1.54, 1.807) is 18.7 Å². The van der Waals surface area contributed by atoms with Crippen LogP contribution in [0.15, 0.2) is 55.6 Å². The first-order chi connectivity index (χ1) is 11.4. The van der Waals surface area contributed by atoms with Gasteiger partial charge in [0.25, 0.3) is 0 Å². The summed E-state index contributed by atoms with van der Waals surface area (Å²) >= 11 is 0. The molecule has 0 N–H and O–H groups in total. The van der Waals surface area contributed by atoms with Crippen LogP contribution in [0.3, 0.4) is 0 Å². The molecule has 1 aliphatic rings. The molecule has 6 heteroatoms. The fourth-order valence-corrected chi connectivity index (χ4v) is 3.13. The lowest BCUT2D eigenvalue weighted by molar-refractivity contribution is 0.243. The van der Waals surface area contributed by atoms with E-state index in [4.69, 9.17) is 4.98 Å².